The number of rotatable bonds is 6. The molecule has 5 heteroatoms. The molecule has 0 saturated carbocycles. The van der Waals surface area contributed by atoms with Crippen molar-refractivity contribution in [2.24, 2.45) is 0 Å². The Morgan fingerprint density at radius 1 is 0.812 bits per heavy atom. The summed E-state index contributed by atoms with van der Waals surface area (Å²) in [5.41, 5.74) is 6.40. The van der Waals surface area contributed by atoms with Gasteiger partial charge in [-0.1, -0.05) is 48.0 Å². The molecular formula is C27H26N2O3. The molecule has 3 aromatic carbocycles. The Labute approximate surface area is 188 Å². The largest absolute Gasteiger partial charge is 0.497 e. The number of imide groups is 1. The molecule has 3 aromatic rings. The van der Waals surface area contributed by atoms with Gasteiger partial charge in [0.25, 0.3) is 11.8 Å². The molecule has 1 N–H and O–H groups in total. The van der Waals surface area contributed by atoms with Gasteiger partial charge in [0.15, 0.2) is 0 Å². The molecule has 0 atom stereocenters. The van der Waals surface area contributed by atoms with Gasteiger partial charge in [-0.15, -0.1) is 0 Å². The van der Waals surface area contributed by atoms with Crippen molar-refractivity contribution in [2.75, 3.05) is 12.4 Å². The highest BCUT2D eigenvalue weighted by Gasteiger charge is 2.39. The van der Waals surface area contributed by atoms with Crippen molar-refractivity contribution in [2.45, 2.75) is 27.3 Å². The van der Waals surface area contributed by atoms with Crippen LogP contribution in [-0.4, -0.2) is 23.8 Å². The van der Waals surface area contributed by atoms with Crippen molar-refractivity contribution in [3.63, 3.8) is 0 Å². The van der Waals surface area contributed by atoms with Gasteiger partial charge in [0.2, 0.25) is 0 Å². The van der Waals surface area contributed by atoms with Gasteiger partial charge in [0.05, 0.1) is 19.2 Å². The third kappa shape index (κ3) is 4.14. The molecule has 1 aliphatic heterocycles. The fourth-order valence-corrected chi connectivity index (χ4v) is 3.70. The number of methoxy groups -OCH3 is 1. The first kappa shape index (κ1) is 21.4. The lowest BCUT2D eigenvalue weighted by molar-refractivity contribution is -0.137. The number of carbonyl (C=O) groups is 2. The van der Waals surface area contributed by atoms with E-state index in [2.05, 4.69) is 5.32 Å². The summed E-state index contributed by atoms with van der Waals surface area (Å²) in [6, 6.07) is 20.9. The Kier molecular flexibility index (Phi) is 5.82. The van der Waals surface area contributed by atoms with Crippen LogP contribution >= 0.6 is 0 Å². The van der Waals surface area contributed by atoms with Crippen molar-refractivity contribution in [3.05, 3.63) is 100 Å². The van der Waals surface area contributed by atoms with E-state index in [9.17, 15) is 9.59 Å². The van der Waals surface area contributed by atoms with Crippen LogP contribution in [-0.2, 0) is 16.1 Å². The maximum Gasteiger partial charge on any atom is 0.278 e. The number of aryl methyl sites for hydroxylation is 3. The van der Waals surface area contributed by atoms with E-state index in [1.165, 1.54) is 10.5 Å². The summed E-state index contributed by atoms with van der Waals surface area (Å²) in [4.78, 5) is 28.1. The van der Waals surface area contributed by atoms with E-state index < -0.39 is 0 Å². The van der Waals surface area contributed by atoms with Gasteiger partial charge < -0.3 is 10.1 Å². The Balaban J connectivity index is 1.71. The molecule has 32 heavy (non-hydrogen) atoms. The lowest BCUT2D eigenvalue weighted by atomic mass is 10.0. The third-order valence-corrected chi connectivity index (χ3v) is 5.78. The average Bonchev–Trinajstić information content (AvgIpc) is 3.01. The zero-order valence-electron chi connectivity index (χ0n) is 18.7. The molecule has 0 spiro atoms. The van der Waals surface area contributed by atoms with Crippen molar-refractivity contribution < 1.29 is 14.3 Å². The Bertz CT molecular complexity index is 1210. The van der Waals surface area contributed by atoms with Crippen LogP contribution in [0.25, 0.3) is 5.57 Å². The highest BCUT2D eigenvalue weighted by Crippen LogP contribution is 2.32. The van der Waals surface area contributed by atoms with Gasteiger partial charge >= 0.3 is 0 Å². The number of nitrogens with one attached hydrogen (secondary N) is 1. The highest BCUT2D eigenvalue weighted by atomic mass is 16.5. The van der Waals surface area contributed by atoms with Crippen LogP contribution in [0, 0.1) is 20.8 Å². The SMILES string of the molecule is COc1ccc(CN2C(=O)C(Nc3ccc(C)c(C)c3)=C(c3ccc(C)cc3)C2=O)cc1. The van der Waals surface area contributed by atoms with E-state index >= 15 is 0 Å². The smallest absolute Gasteiger partial charge is 0.278 e. The minimum absolute atomic E-state index is 0.190. The summed E-state index contributed by atoms with van der Waals surface area (Å²) in [5.74, 6) is 0.0871. The topological polar surface area (TPSA) is 58.6 Å². The zero-order chi connectivity index (χ0) is 22.8. The molecule has 0 aliphatic carbocycles. The molecule has 162 valence electrons. The van der Waals surface area contributed by atoms with E-state index in [1.807, 2.05) is 87.5 Å². The number of amides is 2. The standard InChI is InChI=1S/C27H26N2O3/c1-17-5-10-21(11-6-17)24-25(28-22-12-7-18(2)19(3)15-22)27(31)29(26(24)30)16-20-8-13-23(32-4)14-9-20/h5-15,28H,16H2,1-4H3. The van der Waals surface area contributed by atoms with Crippen LogP contribution in [0.4, 0.5) is 5.69 Å². The monoisotopic (exact) mass is 426 g/mol. The second-order valence-corrected chi connectivity index (χ2v) is 8.08. The van der Waals surface area contributed by atoms with Crippen molar-refractivity contribution in [3.8, 4) is 5.75 Å². The molecule has 0 saturated heterocycles. The normalized spacial score (nSPS) is 13.7. The molecule has 0 aromatic heterocycles. The Morgan fingerprint density at radius 2 is 1.50 bits per heavy atom. The molecule has 5 nitrogen and oxygen atoms in total. The number of ether oxygens (including phenoxy) is 1. The average molecular weight is 427 g/mol. The predicted octanol–water partition coefficient (Wildman–Crippen LogP) is 5.01. The lowest BCUT2D eigenvalue weighted by Gasteiger charge is -2.16. The summed E-state index contributed by atoms with van der Waals surface area (Å²) < 4.78 is 5.20. The van der Waals surface area contributed by atoms with Crippen LogP contribution in [0.15, 0.2) is 72.4 Å². The quantitative estimate of drug-likeness (QED) is 0.563. The van der Waals surface area contributed by atoms with Crippen molar-refractivity contribution >= 4 is 23.1 Å². The number of carbonyl (C=O) groups excluding carboxylic acids is 2. The molecule has 1 heterocycles. The summed E-state index contributed by atoms with van der Waals surface area (Å²) in [7, 11) is 1.60. The van der Waals surface area contributed by atoms with Crippen molar-refractivity contribution in [1.82, 2.24) is 4.90 Å². The van der Waals surface area contributed by atoms with E-state index in [-0.39, 0.29) is 18.4 Å². The summed E-state index contributed by atoms with van der Waals surface area (Å²) in [6.07, 6.45) is 0. The fourth-order valence-electron chi connectivity index (χ4n) is 3.70. The summed E-state index contributed by atoms with van der Waals surface area (Å²) in [6.45, 7) is 6.24. The number of hydrogen-bond acceptors (Lipinski definition) is 4. The number of nitrogens with zero attached hydrogens (tertiary/aromatic N) is 1. The van der Waals surface area contributed by atoms with Crippen LogP contribution in [0.5, 0.6) is 5.75 Å². The Morgan fingerprint density at radius 3 is 2.12 bits per heavy atom. The number of anilines is 1. The van der Waals surface area contributed by atoms with Gasteiger partial charge in [-0.05, 0) is 67.3 Å². The molecule has 0 radical (unpaired) electrons. The second-order valence-electron chi connectivity index (χ2n) is 8.08. The second kappa shape index (κ2) is 8.71. The zero-order valence-corrected chi connectivity index (χ0v) is 18.7. The van der Waals surface area contributed by atoms with Gasteiger partial charge in [0, 0.05) is 5.69 Å². The van der Waals surface area contributed by atoms with Gasteiger partial charge in [-0.25, -0.2) is 0 Å². The third-order valence-electron chi connectivity index (χ3n) is 5.78. The first-order valence-corrected chi connectivity index (χ1v) is 10.5. The van der Waals surface area contributed by atoms with Crippen LogP contribution in [0.2, 0.25) is 0 Å². The molecule has 1 aliphatic rings. The highest BCUT2D eigenvalue weighted by molar-refractivity contribution is 6.36. The van der Waals surface area contributed by atoms with Crippen LogP contribution in [0.1, 0.15) is 27.8 Å². The first-order valence-electron chi connectivity index (χ1n) is 10.5. The van der Waals surface area contributed by atoms with Crippen molar-refractivity contribution in [1.29, 1.82) is 0 Å². The van der Waals surface area contributed by atoms with Gasteiger partial charge in [-0.3, -0.25) is 14.5 Å². The maximum absolute atomic E-state index is 13.4. The maximum atomic E-state index is 13.4. The molecule has 0 unspecified atom stereocenters. The molecule has 0 fully saturated rings. The fraction of sp³-hybridized carbons (Fsp3) is 0.185. The molecule has 0 bridgehead atoms. The van der Waals surface area contributed by atoms with E-state index in [0.717, 1.165) is 33.7 Å². The lowest BCUT2D eigenvalue weighted by Crippen LogP contribution is -2.32. The molecular weight excluding hydrogens is 400 g/mol. The van der Waals surface area contributed by atoms with E-state index in [0.29, 0.717) is 11.3 Å². The van der Waals surface area contributed by atoms with Gasteiger partial charge in [-0.2, -0.15) is 0 Å². The van der Waals surface area contributed by atoms with Gasteiger partial charge in [0.1, 0.15) is 11.4 Å². The minimum atomic E-state index is -0.334. The molecule has 2 amide bonds. The number of hydrogen-bond donors (Lipinski definition) is 1. The van der Waals surface area contributed by atoms with Crippen LogP contribution < -0.4 is 10.1 Å². The van der Waals surface area contributed by atoms with E-state index in [1.54, 1.807) is 7.11 Å². The Hall–Kier alpha value is -3.86. The minimum Gasteiger partial charge on any atom is -0.497 e. The first-order chi connectivity index (χ1) is 15.4. The van der Waals surface area contributed by atoms with E-state index in [4.69, 9.17) is 4.74 Å². The predicted molar refractivity (Wildman–Crippen MR) is 126 cm³/mol. The number of benzene rings is 3. The summed E-state index contributed by atoms with van der Waals surface area (Å²) >= 11 is 0. The van der Waals surface area contributed by atoms with Crippen LogP contribution in [0.3, 0.4) is 0 Å². The summed E-state index contributed by atoms with van der Waals surface area (Å²) in [5, 5.41) is 3.23. The molecule has 4 rings (SSSR count).